The Labute approximate surface area is 803 Å². The second kappa shape index (κ2) is 47.3. The lowest BCUT2D eigenvalue weighted by Crippen LogP contribution is -2.48. The number of nitrogens with two attached hydrogens (primary N) is 1. The summed E-state index contributed by atoms with van der Waals surface area (Å²) in [7, 11) is 12.6. The predicted molar refractivity (Wildman–Crippen MR) is 532 cm³/mol. The molecular weight excluding hydrogens is 1770 g/mol. The number of amides is 6. The number of aromatic hydroxyl groups is 2. The van der Waals surface area contributed by atoms with Gasteiger partial charge in [-0.25, -0.2) is 0 Å². The van der Waals surface area contributed by atoms with Gasteiger partial charge >= 0.3 is 7.48 Å². The van der Waals surface area contributed by atoms with E-state index < -0.39 is 22.9 Å². The maximum absolute atomic E-state index is 14.0. The molecule has 29 heteroatoms. The third kappa shape index (κ3) is 27.1. The number of benzene rings is 8. The Hall–Kier alpha value is -12.2. The zero-order valence-corrected chi connectivity index (χ0v) is 83.6. The quantitative estimate of drug-likeness (QED) is 0.0121. The van der Waals surface area contributed by atoms with Crippen molar-refractivity contribution in [3.8, 4) is 67.9 Å². The van der Waals surface area contributed by atoms with Crippen LogP contribution < -0.4 is 31.2 Å². The van der Waals surface area contributed by atoms with Gasteiger partial charge in [0.25, 0.3) is 17.7 Å². The molecular formula is C106H133BBrN12O15. The summed E-state index contributed by atoms with van der Waals surface area (Å²) in [5.74, 6) is 0.671. The molecule has 8 N–H and O–H groups in total. The van der Waals surface area contributed by atoms with Crippen LogP contribution in [0.25, 0.3) is 44.9 Å². The topological polar surface area (TPSA) is 341 Å². The Morgan fingerprint density at radius 3 is 1.33 bits per heavy atom. The Morgan fingerprint density at radius 2 is 0.904 bits per heavy atom. The van der Waals surface area contributed by atoms with Crippen LogP contribution in [0.2, 0.25) is 0 Å². The van der Waals surface area contributed by atoms with Crippen LogP contribution in [0, 0.1) is 13.8 Å². The summed E-state index contributed by atoms with van der Waals surface area (Å²) in [6.07, 6.45) is 2.36. The summed E-state index contributed by atoms with van der Waals surface area (Å²) in [6.45, 7) is 35.4. The number of phenols is 2. The van der Waals surface area contributed by atoms with Crippen molar-refractivity contribution >= 4 is 64.6 Å². The summed E-state index contributed by atoms with van der Waals surface area (Å²) in [4.78, 5) is 102. The summed E-state index contributed by atoms with van der Waals surface area (Å²) >= 11 is 3.48. The molecule has 0 atom stereocenters. The van der Waals surface area contributed by atoms with E-state index in [4.69, 9.17) is 28.9 Å². The molecule has 3 aliphatic heterocycles. The molecule has 2 aromatic heterocycles. The van der Waals surface area contributed by atoms with Crippen molar-refractivity contribution in [3.63, 3.8) is 0 Å². The minimum atomic E-state index is -1.24. The van der Waals surface area contributed by atoms with Gasteiger partial charge in [0.2, 0.25) is 17.7 Å². The number of nitrogens with one attached hydrogen (secondary N) is 3. The van der Waals surface area contributed by atoms with Crippen LogP contribution >= 0.6 is 15.9 Å². The summed E-state index contributed by atoms with van der Waals surface area (Å²) in [5.41, 5.74) is 21.8. The number of halogens is 1. The largest absolute Gasteiger partial charge is 0.508 e. The van der Waals surface area contributed by atoms with Crippen molar-refractivity contribution < 1.29 is 72.1 Å². The molecule has 13 rings (SSSR count). The van der Waals surface area contributed by atoms with Gasteiger partial charge in [-0.2, -0.15) is 0 Å². The number of nitrogens with zero attached hydrogens (tertiary/aromatic N) is 8. The fourth-order valence-corrected chi connectivity index (χ4v) is 16.4. The number of hydrogen-bond donors (Lipinski definition) is 7. The number of aromatic nitrogens is 2. The molecule has 0 saturated carbocycles. The number of likely N-dealkylation sites (N-methyl/N-ethyl adjacent to an activating group) is 4. The Bertz CT molecular complexity index is 5900. The summed E-state index contributed by atoms with van der Waals surface area (Å²) in [5, 5.41) is 48.3. The number of rotatable bonds is 31. The van der Waals surface area contributed by atoms with Crippen molar-refractivity contribution in [1.29, 1.82) is 0 Å². The first kappa shape index (κ1) is 105. The van der Waals surface area contributed by atoms with Gasteiger partial charge in [-0.05, 0) is 268 Å². The molecule has 10 aromatic rings. The van der Waals surface area contributed by atoms with E-state index in [1.807, 2.05) is 217 Å². The number of hydrogen-bond acceptors (Lipinski definition) is 21. The van der Waals surface area contributed by atoms with Crippen LogP contribution in [-0.4, -0.2) is 216 Å². The van der Waals surface area contributed by atoms with E-state index in [-0.39, 0.29) is 99.3 Å². The zero-order chi connectivity index (χ0) is 98.6. The molecule has 0 aliphatic carbocycles. The van der Waals surface area contributed by atoms with Gasteiger partial charge in [0.15, 0.2) is 28.7 Å². The molecule has 0 unspecified atom stereocenters. The normalized spacial score (nSPS) is 13.2. The van der Waals surface area contributed by atoms with E-state index in [1.165, 1.54) is 30.2 Å². The highest BCUT2D eigenvalue weighted by atomic mass is 79.9. The van der Waals surface area contributed by atoms with E-state index in [9.17, 15) is 48.9 Å². The lowest BCUT2D eigenvalue weighted by atomic mass is 9.76. The van der Waals surface area contributed by atoms with Crippen molar-refractivity contribution in [2.45, 2.75) is 185 Å². The van der Waals surface area contributed by atoms with Gasteiger partial charge < -0.3 is 89.6 Å². The van der Waals surface area contributed by atoms with Gasteiger partial charge in [0, 0.05) is 74.9 Å². The summed E-state index contributed by atoms with van der Waals surface area (Å²) in [6, 6.07) is 48.8. The number of Topliss-reactive ketones (excluding diaryl/α,β-unsaturated/α-hetero) is 1. The first-order chi connectivity index (χ1) is 64.0. The second-order valence-corrected chi connectivity index (χ2v) is 38.1. The molecule has 5 heterocycles. The molecule has 0 fully saturated rings. The number of carbonyl (C=O) groups is 7. The molecule has 135 heavy (non-hydrogen) atoms. The number of phenolic OH excluding ortho intramolecular Hbond substituents is 2. The van der Waals surface area contributed by atoms with Gasteiger partial charge in [-0.15, -0.1) is 0 Å². The fraction of sp³-hybridized carbons (Fsp3) is 0.406. The van der Waals surface area contributed by atoms with Gasteiger partial charge in [-0.3, -0.25) is 33.6 Å². The Balaban J connectivity index is 0.000000193. The van der Waals surface area contributed by atoms with Gasteiger partial charge in [-0.1, -0.05) is 171 Å². The number of fused-ring (bicyclic) bond motifs is 3. The highest BCUT2D eigenvalue weighted by molar-refractivity contribution is 9.10. The maximum Gasteiger partial charge on any atom is 0.337 e. The molecule has 6 amide bonds. The first-order valence-electron chi connectivity index (χ1n) is 46.1. The number of aliphatic hydroxyl groups is 1. The number of allylic oxidation sites excluding steroid dienone is 1. The zero-order valence-electron chi connectivity index (χ0n) is 82.0. The number of carbonyl (C=O) groups excluding carboxylic acids is 7. The molecule has 1 radical (unpaired) electrons. The lowest BCUT2D eigenvalue weighted by Gasteiger charge is -2.37. The van der Waals surface area contributed by atoms with Crippen LogP contribution in [-0.2, 0) is 75.9 Å². The Kier molecular flexibility index (Phi) is 36.7. The monoisotopic (exact) mass is 1900 g/mol. The van der Waals surface area contributed by atoms with Crippen molar-refractivity contribution in [2.75, 3.05) is 101 Å². The van der Waals surface area contributed by atoms with Crippen molar-refractivity contribution in [1.82, 2.24) is 55.7 Å². The SMILES string of the molecule is CCNC(=O)C(N)=C([B]OC(C)(C)C(C)(C)O)C(=O)c1cc(C(C)C)c(C)cc1OCc1ccccc1.CCNC(=O)c1noc(-c2cc(C(C)C)c(C)cc2OCc2ccccc2)c1-c1ccc2c(c1)CCN(C(=O)CN(C)C)C2.CCNC(=O)c1noc(-c2cc(C(C)C)c(O)cc2O)c1-c1ccc2c(c1)CCN(C(=O)CN(C)C)C2.CN(C)CC(=O)N1CCc2cc(Br)ccc2C1. The fourth-order valence-electron chi connectivity index (χ4n) is 16.0. The highest BCUT2D eigenvalue weighted by Gasteiger charge is 2.39. The molecule has 0 bridgehead atoms. The molecule has 27 nitrogen and oxygen atoms in total. The molecule has 717 valence electrons. The van der Waals surface area contributed by atoms with E-state index in [1.54, 1.807) is 46.8 Å². The van der Waals surface area contributed by atoms with Crippen molar-refractivity contribution in [2.24, 2.45) is 5.73 Å². The van der Waals surface area contributed by atoms with Crippen molar-refractivity contribution in [3.05, 3.63) is 257 Å². The van der Waals surface area contributed by atoms with Gasteiger partial charge in [0.05, 0.1) is 64.4 Å². The maximum atomic E-state index is 14.0. The lowest BCUT2D eigenvalue weighted by molar-refractivity contribution is -0.133. The standard InChI is InChI=1S/C36H42N4O4.C29H40BN2O5.C28H34N4O5.C13H17BrN2O/c1-7-37-36(42)34-33(27-13-14-28-20-40(16-15-26(28)18-27)32(41)21-39(5)6)35(44-38-34)30-19-29(23(2)3)24(4)17-31(30)43-22-25-11-9-8-10-12-25;1-9-32-27(34)25(31)24(30-37-29(7,8)28(5,6)35)26(33)22-16-21(18(2)3)19(4)15-23(22)36-17-20-13-11-10-12-14-20;1-6-29-28(36)26-25(27(37-30-26)21-12-20(16(2)3)22(33)13-23(21)34)18-7-8-19-14-32(10-9-17(19)11-18)24(35)15-31(4)5;1-15(2)9-13(17)16-6-5-10-7-12(14)4-3-11(10)8-16/h8-14,17-19,23H,7,15-16,20-22H2,1-6H3,(H,37,42);10-16,18,35H,9,17,31H2,1-8H3,(H,32,34);7-8,11-13,16,33-34H,6,9-10,14-15H2,1-5H3,(H,29,36);3-4,7H,5-6,8-9H2,1-2H3. The molecule has 8 aromatic carbocycles. The van der Waals surface area contributed by atoms with Crippen LogP contribution in [0.1, 0.15) is 211 Å². The van der Waals surface area contributed by atoms with E-state index in [2.05, 4.69) is 99.4 Å². The average Bonchev–Trinajstić information content (AvgIpc) is 1.65. The first-order valence-corrected chi connectivity index (χ1v) is 46.9. The van der Waals surface area contributed by atoms with Crippen LogP contribution in [0.5, 0.6) is 23.0 Å². The Morgan fingerprint density at radius 1 is 0.504 bits per heavy atom. The second-order valence-electron chi connectivity index (χ2n) is 37.2. The molecule has 0 saturated heterocycles. The average molecular weight is 1910 g/mol. The smallest absolute Gasteiger partial charge is 0.337 e. The molecule has 0 spiro atoms. The predicted octanol–water partition coefficient (Wildman–Crippen LogP) is 16.2. The third-order valence-corrected chi connectivity index (χ3v) is 24.6. The van der Waals surface area contributed by atoms with Gasteiger partial charge in [0.1, 0.15) is 36.2 Å². The van der Waals surface area contributed by atoms with Crippen LogP contribution in [0.15, 0.2) is 176 Å². The van der Waals surface area contributed by atoms with Crippen LogP contribution in [0.3, 0.4) is 0 Å². The number of ether oxygens (including phenoxy) is 2. The summed E-state index contributed by atoms with van der Waals surface area (Å²) < 4.78 is 31.3. The van der Waals surface area contributed by atoms with E-state index >= 15 is 0 Å². The molecule has 3 aliphatic rings. The number of aryl methyl sites for hydroxylation is 2. The van der Waals surface area contributed by atoms with Crippen LogP contribution in [0.4, 0.5) is 0 Å². The minimum absolute atomic E-state index is 0.00419. The number of ketones is 1. The third-order valence-electron chi connectivity index (χ3n) is 24.1. The highest BCUT2D eigenvalue weighted by Crippen LogP contribution is 2.47. The van der Waals surface area contributed by atoms with E-state index in [0.717, 1.165) is 97.2 Å². The van der Waals surface area contributed by atoms with E-state index in [0.29, 0.717) is 118 Å². The minimum Gasteiger partial charge on any atom is -0.508 e.